The van der Waals surface area contributed by atoms with Crippen LogP contribution in [-0.2, 0) is 4.74 Å². The molecule has 1 aliphatic heterocycles. The molecule has 0 bridgehead atoms. The Morgan fingerprint density at radius 1 is 1.38 bits per heavy atom. The van der Waals surface area contributed by atoms with Gasteiger partial charge in [-0.05, 0) is 37.5 Å². The number of fused-ring (bicyclic) bond motifs is 1. The maximum Gasteiger partial charge on any atom is 0.271 e. The predicted octanol–water partition coefficient (Wildman–Crippen LogP) is 2.11. The normalized spacial score (nSPS) is 20.2. The van der Waals surface area contributed by atoms with Gasteiger partial charge in [-0.25, -0.2) is 4.98 Å². The molecule has 1 amide bonds. The second kappa shape index (κ2) is 6.97. The molecule has 0 aromatic carbocycles. The van der Waals surface area contributed by atoms with E-state index in [0.717, 1.165) is 23.3 Å². The standard InChI is InChI=1S/C18H18N4O3S/c1-11-10-22-17(24)13(9-20-18(22)26-11)16(23)21-14-3-2-8-25-15(14)12-4-6-19-7-5-12/h4-7,9-10,14-15H,2-3,8H2,1H3,(H,21,23)/t14-,15+/m0/s1. The van der Waals surface area contributed by atoms with Crippen molar-refractivity contribution in [3.63, 3.8) is 0 Å². The maximum absolute atomic E-state index is 12.7. The fourth-order valence-electron chi connectivity index (χ4n) is 3.21. The number of carbonyl (C=O) groups is 1. The molecule has 2 atom stereocenters. The quantitative estimate of drug-likeness (QED) is 0.763. The molecule has 26 heavy (non-hydrogen) atoms. The molecular weight excluding hydrogens is 352 g/mol. The summed E-state index contributed by atoms with van der Waals surface area (Å²) in [6.07, 6.45) is 7.85. The molecule has 4 heterocycles. The smallest absolute Gasteiger partial charge is 0.271 e. The van der Waals surface area contributed by atoms with Gasteiger partial charge in [-0.3, -0.25) is 19.0 Å². The molecule has 3 aromatic heterocycles. The first-order valence-electron chi connectivity index (χ1n) is 8.43. The summed E-state index contributed by atoms with van der Waals surface area (Å²) < 4.78 is 7.30. The zero-order valence-corrected chi connectivity index (χ0v) is 15.0. The van der Waals surface area contributed by atoms with E-state index in [0.29, 0.717) is 11.6 Å². The van der Waals surface area contributed by atoms with E-state index in [1.165, 1.54) is 21.9 Å². The molecule has 1 fully saturated rings. The van der Waals surface area contributed by atoms with Crippen LogP contribution in [0.3, 0.4) is 0 Å². The number of nitrogens with zero attached hydrogens (tertiary/aromatic N) is 3. The highest BCUT2D eigenvalue weighted by Gasteiger charge is 2.29. The van der Waals surface area contributed by atoms with Crippen LogP contribution >= 0.6 is 11.3 Å². The van der Waals surface area contributed by atoms with Crippen LogP contribution in [0.15, 0.2) is 41.7 Å². The Hall–Kier alpha value is -2.58. The highest BCUT2D eigenvalue weighted by atomic mass is 32.1. The molecule has 7 nitrogen and oxygen atoms in total. The molecule has 0 aliphatic carbocycles. The lowest BCUT2D eigenvalue weighted by atomic mass is 9.96. The Morgan fingerprint density at radius 2 is 2.19 bits per heavy atom. The molecular formula is C18H18N4O3S. The van der Waals surface area contributed by atoms with Gasteiger partial charge >= 0.3 is 0 Å². The predicted molar refractivity (Wildman–Crippen MR) is 97.5 cm³/mol. The summed E-state index contributed by atoms with van der Waals surface area (Å²) in [6.45, 7) is 2.54. The number of ether oxygens (including phenoxy) is 1. The van der Waals surface area contributed by atoms with E-state index >= 15 is 0 Å². The summed E-state index contributed by atoms with van der Waals surface area (Å²) in [5.74, 6) is -0.421. The van der Waals surface area contributed by atoms with Gasteiger partial charge in [-0.15, -0.1) is 11.3 Å². The number of hydrogen-bond donors (Lipinski definition) is 1. The molecule has 134 valence electrons. The first-order chi connectivity index (χ1) is 12.6. The Bertz CT molecular complexity index is 999. The summed E-state index contributed by atoms with van der Waals surface area (Å²) in [7, 11) is 0. The zero-order valence-electron chi connectivity index (χ0n) is 14.2. The molecule has 0 unspecified atom stereocenters. The first-order valence-corrected chi connectivity index (χ1v) is 9.25. The largest absolute Gasteiger partial charge is 0.371 e. The van der Waals surface area contributed by atoms with Crippen molar-refractivity contribution in [2.75, 3.05) is 6.61 Å². The van der Waals surface area contributed by atoms with E-state index in [2.05, 4.69) is 15.3 Å². The van der Waals surface area contributed by atoms with Crippen LogP contribution in [-0.4, -0.2) is 32.9 Å². The van der Waals surface area contributed by atoms with E-state index in [-0.39, 0.29) is 23.3 Å². The van der Waals surface area contributed by atoms with Gasteiger partial charge in [0.1, 0.15) is 11.7 Å². The van der Waals surface area contributed by atoms with Crippen LogP contribution in [0.4, 0.5) is 0 Å². The van der Waals surface area contributed by atoms with Gasteiger partial charge in [0.15, 0.2) is 4.96 Å². The second-order valence-electron chi connectivity index (χ2n) is 6.27. The summed E-state index contributed by atoms with van der Waals surface area (Å²) in [5.41, 5.74) is 0.650. The molecule has 0 spiro atoms. The number of nitrogens with one attached hydrogen (secondary N) is 1. The third kappa shape index (κ3) is 3.13. The SMILES string of the molecule is Cc1cn2c(=O)c(C(=O)N[C@H]3CCCO[C@@H]3c3ccncc3)cnc2s1. The summed E-state index contributed by atoms with van der Waals surface area (Å²) in [4.78, 5) is 35.1. The monoisotopic (exact) mass is 370 g/mol. The summed E-state index contributed by atoms with van der Waals surface area (Å²) in [6, 6.07) is 3.56. The Labute approximate surface area is 153 Å². The molecule has 0 saturated carbocycles. The fraction of sp³-hybridized carbons (Fsp3) is 0.333. The minimum Gasteiger partial charge on any atom is -0.371 e. The Kier molecular flexibility index (Phi) is 4.52. The van der Waals surface area contributed by atoms with Crippen LogP contribution < -0.4 is 10.9 Å². The van der Waals surface area contributed by atoms with Crippen molar-refractivity contribution in [1.29, 1.82) is 0 Å². The molecule has 0 radical (unpaired) electrons. The van der Waals surface area contributed by atoms with Crippen LogP contribution in [0.2, 0.25) is 0 Å². The third-order valence-electron chi connectivity index (χ3n) is 4.44. The molecule has 8 heteroatoms. The van der Waals surface area contributed by atoms with Crippen molar-refractivity contribution in [2.45, 2.75) is 31.9 Å². The van der Waals surface area contributed by atoms with E-state index in [4.69, 9.17) is 4.74 Å². The van der Waals surface area contributed by atoms with Crippen molar-refractivity contribution in [3.05, 3.63) is 63.3 Å². The van der Waals surface area contributed by atoms with Crippen molar-refractivity contribution in [2.24, 2.45) is 0 Å². The van der Waals surface area contributed by atoms with Gasteiger partial charge in [0.25, 0.3) is 11.5 Å². The Balaban J connectivity index is 1.60. The summed E-state index contributed by atoms with van der Waals surface area (Å²) >= 11 is 1.41. The number of aryl methyl sites for hydroxylation is 1. The van der Waals surface area contributed by atoms with Crippen molar-refractivity contribution in [3.8, 4) is 0 Å². The molecule has 1 N–H and O–H groups in total. The van der Waals surface area contributed by atoms with Gasteiger partial charge in [-0.1, -0.05) is 0 Å². The molecule has 3 aromatic rings. The number of pyridine rings is 1. The number of carbonyl (C=O) groups excluding carboxylic acids is 1. The third-order valence-corrected chi connectivity index (χ3v) is 5.35. The van der Waals surface area contributed by atoms with Crippen molar-refractivity contribution >= 4 is 22.2 Å². The minimum absolute atomic E-state index is 0.0411. The van der Waals surface area contributed by atoms with Gasteiger partial charge < -0.3 is 10.1 Å². The minimum atomic E-state index is -0.421. The van der Waals surface area contributed by atoms with Crippen LogP contribution in [0.25, 0.3) is 4.96 Å². The van der Waals surface area contributed by atoms with Gasteiger partial charge in [0.2, 0.25) is 0 Å². The van der Waals surface area contributed by atoms with E-state index in [1.54, 1.807) is 18.6 Å². The number of hydrogen-bond acceptors (Lipinski definition) is 6. The fourth-order valence-corrected chi connectivity index (χ4v) is 3.99. The van der Waals surface area contributed by atoms with Crippen molar-refractivity contribution in [1.82, 2.24) is 19.7 Å². The second-order valence-corrected chi connectivity index (χ2v) is 7.48. The summed E-state index contributed by atoms with van der Waals surface area (Å²) in [5, 5.41) is 2.96. The highest BCUT2D eigenvalue weighted by Crippen LogP contribution is 2.28. The van der Waals surface area contributed by atoms with E-state index < -0.39 is 5.91 Å². The first kappa shape index (κ1) is 16.9. The molecule has 1 aliphatic rings. The van der Waals surface area contributed by atoms with E-state index in [1.807, 2.05) is 19.1 Å². The number of aromatic nitrogens is 3. The van der Waals surface area contributed by atoms with Gasteiger partial charge in [0, 0.05) is 36.3 Å². The zero-order chi connectivity index (χ0) is 18.1. The van der Waals surface area contributed by atoms with E-state index in [9.17, 15) is 9.59 Å². The number of rotatable bonds is 3. The maximum atomic E-state index is 12.7. The van der Waals surface area contributed by atoms with Gasteiger partial charge in [-0.2, -0.15) is 0 Å². The van der Waals surface area contributed by atoms with Crippen LogP contribution in [0.1, 0.15) is 39.7 Å². The molecule has 4 rings (SSSR count). The highest BCUT2D eigenvalue weighted by molar-refractivity contribution is 7.16. The van der Waals surface area contributed by atoms with Crippen LogP contribution in [0, 0.1) is 6.92 Å². The molecule has 1 saturated heterocycles. The Morgan fingerprint density at radius 3 is 3.00 bits per heavy atom. The number of thiazole rings is 1. The lowest BCUT2D eigenvalue weighted by Crippen LogP contribution is -2.44. The average molecular weight is 370 g/mol. The lowest BCUT2D eigenvalue weighted by molar-refractivity contribution is -0.00952. The average Bonchev–Trinajstić information content (AvgIpc) is 3.04. The van der Waals surface area contributed by atoms with Gasteiger partial charge in [0.05, 0.1) is 6.04 Å². The van der Waals surface area contributed by atoms with Crippen molar-refractivity contribution < 1.29 is 9.53 Å². The number of amides is 1. The lowest BCUT2D eigenvalue weighted by Gasteiger charge is -2.32. The van der Waals surface area contributed by atoms with Crippen LogP contribution in [0.5, 0.6) is 0 Å². The topological polar surface area (TPSA) is 85.6 Å².